The van der Waals surface area contributed by atoms with E-state index in [-0.39, 0.29) is 11.9 Å². The lowest BCUT2D eigenvalue weighted by Gasteiger charge is -2.32. The van der Waals surface area contributed by atoms with Crippen LogP contribution in [-0.2, 0) is 4.79 Å². The van der Waals surface area contributed by atoms with E-state index in [9.17, 15) is 14.3 Å². The summed E-state index contributed by atoms with van der Waals surface area (Å²) < 4.78 is 13.9. The minimum absolute atomic E-state index is 0.288. The molecule has 1 heterocycles. The number of carbonyl (C=O) groups is 1. The van der Waals surface area contributed by atoms with Crippen LogP contribution in [0.1, 0.15) is 30.0 Å². The Morgan fingerprint density at radius 2 is 1.64 bits per heavy atom. The van der Waals surface area contributed by atoms with Crippen molar-refractivity contribution in [3.05, 3.63) is 95.8 Å². The van der Waals surface area contributed by atoms with E-state index in [0.29, 0.717) is 13.0 Å². The van der Waals surface area contributed by atoms with E-state index in [1.165, 1.54) is 12.1 Å². The number of carboxylic acid groups (broad SMARTS) is 1. The fraction of sp³-hybridized carbons (Fsp3) is 0.208. The highest BCUT2D eigenvalue weighted by Crippen LogP contribution is 2.36. The Morgan fingerprint density at radius 1 is 0.929 bits per heavy atom. The maximum atomic E-state index is 13.9. The predicted molar refractivity (Wildman–Crippen MR) is 107 cm³/mol. The van der Waals surface area contributed by atoms with Crippen molar-refractivity contribution in [1.82, 2.24) is 4.90 Å². The van der Waals surface area contributed by atoms with Gasteiger partial charge in [0.1, 0.15) is 11.9 Å². The van der Waals surface area contributed by atoms with Gasteiger partial charge in [-0.3, -0.25) is 9.69 Å². The highest BCUT2D eigenvalue weighted by atomic mass is 19.1. The van der Waals surface area contributed by atoms with Gasteiger partial charge in [0.2, 0.25) is 0 Å². The summed E-state index contributed by atoms with van der Waals surface area (Å²) in [5.41, 5.74) is 3.97. The number of halogens is 1. The molecule has 1 aliphatic heterocycles. The Bertz CT molecular complexity index is 956. The molecule has 3 aromatic carbocycles. The first-order valence-corrected chi connectivity index (χ1v) is 9.53. The van der Waals surface area contributed by atoms with E-state index in [0.717, 1.165) is 28.7 Å². The third kappa shape index (κ3) is 3.69. The minimum Gasteiger partial charge on any atom is -0.480 e. The summed E-state index contributed by atoms with van der Waals surface area (Å²) in [4.78, 5) is 13.8. The second-order valence-electron chi connectivity index (χ2n) is 7.18. The van der Waals surface area contributed by atoms with Crippen LogP contribution in [0.3, 0.4) is 0 Å². The Kier molecular flexibility index (Phi) is 5.22. The first-order chi connectivity index (χ1) is 13.6. The zero-order valence-electron chi connectivity index (χ0n) is 15.5. The summed E-state index contributed by atoms with van der Waals surface area (Å²) in [5.74, 6) is -1.13. The van der Waals surface area contributed by atoms with Gasteiger partial charge in [0.05, 0.1) is 6.04 Å². The van der Waals surface area contributed by atoms with E-state index in [1.807, 2.05) is 53.4 Å². The largest absolute Gasteiger partial charge is 0.480 e. The second kappa shape index (κ2) is 7.95. The van der Waals surface area contributed by atoms with Gasteiger partial charge in [-0.15, -0.1) is 0 Å². The molecule has 1 fully saturated rings. The van der Waals surface area contributed by atoms with Crippen LogP contribution in [0.5, 0.6) is 0 Å². The summed E-state index contributed by atoms with van der Waals surface area (Å²) in [7, 11) is 0. The molecule has 1 N–H and O–H groups in total. The number of aliphatic carboxylic acids is 1. The molecular weight excluding hydrogens is 353 g/mol. The Labute approximate surface area is 164 Å². The number of rotatable bonds is 5. The smallest absolute Gasteiger partial charge is 0.320 e. The van der Waals surface area contributed by atoms with Gasteiger partial charge in [-0.05, 0) is 47.2 Å². The molecule has 0 saturated carbocycles. The van der Waals surface area contributed by atoms with Crippen molar-refractivity contribution in [2.24, 2.45) is 0 Å². The molecule has 0 radical (unpaired) electrons. The number of nitrogens with zero attached hydrogens (tertiary/aromatic N) is 1. The summed E-state index contributed by atoms with van der Waals surface area (Å²) in [6.45, 7) is 0.679. The van der Waals surface area contributed by atoms with Gasteiger partial charge in [-0.1, -0.05) is 66.7 Å². The lowest BCUT2D eigenvalue weighted by Crippen LogP contribution is -2.39. The van der Waals surface area contributed by atoms with E-state index in [2.05, 4.69) is 12.1 Å². The lowest BCUT2D eigenvalue weighted by molar-refractivity contribution is -0.142. The predicted octanol–water partition coefficient (Wildman–Crippen LogP) is 5.13. The van der Waals surface area contributed by atoms with Crippen molar-refractivity contribution in [1.29, 1.82) is 0 Å². The van der Waals surface area contributed by atoms with Gasteiger partial charge in [-0.25, -0.2) is 4.39 Å². The Morgan fingerprint density at radius 3 is 2.32 bits per heavy atom. The zero-order chi connectivity index (χ0) is 19.5. The van der Waals surface area contributed by atoms with Gasteiger partial charge in [0.25, 0.3) is 0 Å². The monoisotopic (exact) mass is 375 g/mol. The number of carboxylic acids is 1. The average Bonchev–Trinajstić information content (AvgIpc) is 3.19. The second-order valence-corrected chi connectivity index (χ2v) is 7.18. The van der Waals surface area contributed by atoms with Gasteiger partial charge in [-0.2, -0.15) is 0 Å². The topological polar surface area (TPSA) is 40.5 Å². The van der Waals surface area contributed by atoms with E-state index in [4.69, 9.17) is 0 Å². The molecule has 142 valence electrons. The van der Waals surface area contributed by atoms with Crippen molar-refractivity contribution < 1.29 is 14.3 Å². The molecule has 0 bridgehead atoms. The molecule has 1 saturated heterocycles. The lowest BCUT2D eigenvalue weighted by atomic mass is 9.94. The van der Waals surface area contributed by atoms with Crippen LogP contribution in [-0.4, -0.2) is 28.6 Å². The molecular formula is C24H22FNO2. The van der Waals surface area contributed by atoms with E-state index >= 15 is 0 Å². The molecule has 0 aliphatic carbocycles. The van der Waals surface area contributed by atoms with Crippen molar-refractivity contribution in [3.8, 4) is 11.1 Å². The van der Waals surface area contributed by atoms with Crippen molar-refractivity contribution >= 4 is 5.97 Å². The Balaban J connectivity index is 1.74. The van der Waals surface area contributed by atoms with Gasteiger partial charge in [0.15, 0.2) is 0 Å². The molecule has 2 atom stereocenters. The van der Waals surface area contributed by atoms with Crippen LogP contribution in [0, 0.1) is 5.82 Å². The molecule has 3 nitrogen and oxygen atoms in total. The van der Waals surface area contributed by atoms with E-state index < -0.39 is 12.0 Å². The molecule has 0 aromatic heterocycles. The number of benzene rings is 3. The number of hydrogen-bond donors (Lipinski definition) is 1. The van der Waals surface area contributed by atoms with Crippen LogP contribution < -0.4 is 0 Å². The fourth-order valence-electron chi connectivity index (χ4n) is 4.10. The SMILES string of the molecule is O=C(O)C1CCCN1C(c1ccc(-c2ccccc2)cc1)c1cccc(F)c1. The molecule has 0 spiro atoms. The maximum Gasteiger partial charge on any atom is 0.320 e. The molecule has 4 heteroatoms. The van der Waals surface area contributed by atoms with Gasteiger partial charge < -0.3 is 5.11 Å². The molecule has 3 aromatic rings. The van der Waals surface area contributed by atoms with Crippen LogP contribution in [0.4, 0.5) is 4.39 Å². The first kappa shape index (κ1) is 18.4. The molecule has 1 aliphatic rings. The average molecular weight is 375 g/mol. The Hall–Kier alpha value is -2.98. The third-order valence-electron chi connectivity index (χ3n) is 5.41. The summed E-state index contributed by atoms with van der Waals surface area (Å²) >= 11 is 0. The molecule has 2 unspecified atom stereocenters. The van der Waals surface area contributed by atoms with Crippen molar-refractivity contribution in [2.75, 3.05) is 6.54 Å². The normalized spacial score (nSPS) is 18.1. The highest BCUT2D eigenvalue weighted by Gasteiger charge is 2.36. The van der Waals surface area contributed by atoms with Crippen LogP contribution in [0.25, 0.3) is 11.1 Å². The first-order valence-electron chi connectivity index (χ1n) is 9.53. The third-order valence-corrected chi connectivity index (χ3v) is 5.41. The van der Waals surface area contributed by atoms with Crippen LogP contribution in [0.15, 0.2) is 78.9 Å². The number of likely N-dealkylation sites (tertiary alicyclic amines) is 1. The maximum absolute atomic E-state index is 13.9. The molecule has 4 rings (SSSR count). The van der Waals surface area contributed by atoms with Crippen molar-refractivity contribution in [2.45, 2.75) is 24.9 Å². The summed E-state index contributed by atoms with van der Waals surface area (Å²) in [6, 6.07) is 23.9. The number of hydrogen-bond acceptors (Lipinski definition) is 2. The summed E-state index contributed by atoms with van der Waals surface area (Å²) in [6.07, 6.45) is 1.44. The van der Waals surface area contributed by atoms with E-state index in [1.54, 1.807) is 6.07 Å². The minimum atomic E-state index is -0.820. The standard InChI is InChI=1S/C24H22FNO2/c25-21-9-4-8-20(16-21)23(26-15-5-10-22(26)24(27)28)19-13-11-18(12-14-19)17-6-2-1-3-7-17/h1-4,6-9,11-14,16,22-23H,5,10,15H2,(H,27,28). The van der Waals surface area contributed by atoms with Crippen LogP contribution in [0.2, 0.25) is 0 Å². The van der Waals surface area contributed by atoms with Crippen LogP contribution >= 0.6 is 0 Å². The van der Waals surface area contributed by atoms with Gasteiger partial charge >= 0.3 is 5.97 Å². The molecule has 0 amide bonds. The van der Waals surface area contributed by atoms with Crippen molar-refractivity contribution in [3.63, 3.8) is 0 Å². The quantitative estimate of drug-likeness (QED) is 0.672. The molecule has 28 heavy (non-hydrogen) atoms. The van der Waals surface area contributed by atoms with Gasteiger partial charge in [0, 0.05) is 6.54 Å². The summed E-state index contributed by atoms with van der Waals surface area (Å²) in [5, 5.41) is 9.66. The highest BCUT2D eigenvalue weighted by molar-refractivity contribution is 5.74. The zero-order valence-corrected chi connectivity index (χ0v) is 15.5. The fourth-order valence-corrected chi connectivity index (χ4v) is 4.10.